The third-order valence-electron chi connectivity index (χ3n) is 1.96. The molecule has 1 unspecified atom stereocenters. The van der Waals surface area contributed by atoms with E-state index in [-0.39, 0.29) is 12.6 Å². The number of ether oxygens (including phenoxy) is 1. The van der Waals surface area contributed by atoms with Crippen LogP contribution in [0, 0.1) is 0 Å². The average Bonchev–Trinajstić information content (AvgIpc) is 2.66. The first-order valence-corrected chi connectivity index (χ1v) is 5.48. The molecule has 0 saturated heterocycles. The predicted molar refractivity (Wildman–Crippen MR) is 62.5 cm³/mol. The van der Waals surface area contributed by atoms with Gasteiger partial charge >= 0.3 is 6.09 Å². The molecule has 1 heterocycles. The van der Waals surface area contributed by atoms with E-state index in [1.165, 1.54) is 0 Å². The van der Waals surface area contributed by atoms with Crippen LogP contribution in [0.5, 0.6) is 0 Å². The lowest BCUT2D eigenvalue weighted by molar-refractivity contribution is 0.0482. The van der Waals surface area contributed by atoms with E-state index in [4.69, 9.17) is 9.84 Å². The first kappa shape index (κ1) is 13.5. The molecule has 6 heteroatoms. The second-order valence-corrected chi connectivity index (χ2v) is 4.81. The first-order valence-electron chi connectivity index (χ1n) is 5.48. The lowest BCUT2D eigenvalue weighted by atomic mass is 10.2. The van der Waals surface area contributed by atoms with E-state index < -0.39 is 11.7 Å². The van der Waals surface area contributed by atoms with Gasteiger partial charge in [-0.25, -0.2) is 9.78 Å². The summed E-state index contributed by atoms with van der Waals surface area (Å²) >= 11 is 0. The molecule has 0 aliphatic heterocycles. The Kier molecular flexibility index (Phi) is 4.51. The molecule has 0 aromatic carbocycles. The molecule has 0 fully saturated rings. The Hall–Kier alpha value is -1.56. The van der Waals surface area contributed by atoms with Gasteiger partial charge in [-0.1, -0.05) is 0 Å². The van der Waals surface area contributed by atoms with Gasteiger partial charge in [0, 0.05) is 18.3 Å². The van der Waals surface area contributed by atoms with Gasteiger partial charge < -0.3 is 20.1 Å². The van der Waals surface area contributed by atoms with Gasteiger partial charge in [-0.05, 0) is 20.8 Å². The maximum Gasteiger partial charge on any atom is 0.407 e. The van der Waals surface area contributed by atoms with E-state index in [1.54, 1.807) is 33.3 Å². The van der Waals surface area contributed by atoms with Gasteiger partial charge in [0.25, 0.3) is 0 Å². The molecule has 1 aromatic rings. The van der Waals surface area contributed by atoms with Crippen molar-refractivity contribution in [2.45, 2.75) is 38.8 Å². The number of aliphatic hydroxyl groups excluding tert-OH is 1. The molecule has 17 heavy (non-hydrogen) atoms. The number of aliphatic hydroxyl groups is 1. The molecule has 1 aromatic heterocycles. The average molecular weight is 241 g/mol. The molecule has 0 aliphatic carbocycles. The lowest BCUT2D eigenvalue weighted by Crippen LogP contribution is -2.42. The van der Waals surface area contributed by atoms with Gasteiger partial charge in [0.1, 0.15) is 5.60 Å². The third-order valence-corrected chi connectivity index (χ3v) is 1.96. The standard InChI is InChI=1S/C11H19N3O3/c1-11(2,3)17-10(16)14-9(6-15)4-8-5-12-7-13-8/h5,7,9,15H,4,6H2,1-3H3,(H,12,13)(H,14,16). The summed E-state index contributed by atoms with van der Waals surface area (Å²) in [7, 11) is 0. The number of carbonyl (C=O) groups excluding carboxylic acids is 1. The minimum absolute atomic E-state index is 0.155. The summed E-state index contributed by atoms with van der Waals surface area (Å²) in [5, 5.41) is 11.8. The van der Waals surface area contributed by atoms with Crippen LogP contribution in [-0.2, 0) is 11.2 Å². The summed E-state index contributed by atoms with van der Waals surface area (Å²) in [6.07, 6.45) is 3.16. The van der Waals surface area contributed by atoms with E-state index in [9.17, 15) is 4.79 Å². The fraction of sp³-hybridized carbons (Fsp3) is 0.636. The molecule has 0 aliphatic rings. The zero-order chi connectivity index (χ0) is 12.9. The van der Waals surface area contributed by atoms with Gasteiger partial charge in [-0.2, -0.15) is 0 Å². The van der Waals surface area contributed by atoms with Crippen molar-refractivity contribution in [1.29, 1.82) is 0 Å². The van der Waals surface area contributed by atoms with E-state index in [2.05, 4.69) is 15.3 Å². The number of rotatable bonds is 4. The van der Waals surface area contributed by atoms with E-state index in [0.29, 0.717) is 6.42 Å². The normalized spacial score (nSPS) is 13.2. The topological polar surface area (TPSA) is 87.2 Å². The van der Waals surface area contributed by atoms with Gasteiger partial charge in [-0.15, -0.1) is 0 Å². The van der Waals surface area contributed by atoms with E-state index in [1.807, 2.05) is 0 Å². The number of nitrogens with zero attached hydrogens (tertiary/aromatic N) is 1. The highest BCUT2D eigenvalue weighted by atomic mass is 16.6. The van der Waals surface area contributed by atoms with Crippen LogP contribution in [0.25, 0.3) is 0 Å². The Balaban J connectivity index is 2.44. The number of hydrogen-bond acceptors (Lipinski definition) is 4. The number of alkyl carbamates (subject to hydrolysis) is 1. The zero-order valence-corrected chi connectivity index (χ0v) is 10.4. The summed E-state index contributed by atoms with van der Waals surface area (Å²) in [6, 6.07) is -0.384. The highest BCUT2D eigenvalue weighted by molar-refractivity contribution is 5.68. The van der Waals surface area contributed by atoms with Gasteiger partial charge in [0.2, 0.25) is 0 Å². The summed E-state index contributed by atoms with van der Waals surface area (Å²) < 4.78 is 5.10. The van der Waals surface area contributed by atoms with Crippen molar-refractivity contribution >= 4 is 6.09 Å². The smallest absolute Gasteiger partial charge is 0.407 e. The molecule has 0 saturated carbocycles. The second kappa shape index (κ2) is 5.67. The van der Waals surface area contributed by atoms with Crippen LogP contribution in [0.4, 0.5) is 4.79 Å². The Morgan fingerprint density at radius 3 is 2.82 bits per heavy atom. The van der Waals surface area contributed by atoms with Crippen LogP contribution in [0.1, 0.15) is 26.5 Å². The number of hydrogen-bond donors (Lipinski definition) is 3. The van der Waals surface area contributed by atoms with Crippen LogP contribution in [-0.4, -0.2) is 39.4 Å². The number of aromatic nitrogens is 2. The maximum atomic E-state index is 11.5. The summed E-state index contributed by atoms with van der Waals surface area (Å²) in [6.45, 7) is 5.21. The van der Waals surface area contributed by atoms with Gasteiger partial charge in [-0.3, -0.25) is 0 Å². The summed E-state index contributed by atoms with van der Waals surface area (Å²) in [5.41, 5.74) is 0.304. The molecule has 6 nitrogen and oxygen atoms in total. The van der Waals surface area contributed by atoms with Crippen molar-refractivity contribution in [3.05, 3.63) is 18.2 Å². The van der Waals surface area contributed by atoms with E-state index >= 15 is 0 Å². The Morgan fingerprint density at radius 1 is 1.65 bits per heavy atom. The fourth-order valence-electron chi connectivity index (χ4n) is 1.30. The fourth-order valence-corrected chi connectivity index (χ4v) is 1.30. The molecule has 1 atom stereocenters. The zero-order valence-electron chi connectivity index (χ0n) is 10.4. The van der Waals surface area contributed by atoms with Crippen molar-refractivity contribution in [2.24, 2.45) is 0 Å². The minimum Gasteiger partial charge on any atom is -0.444 e. The number of aromatic amines is 1. The molecular formula is C11H19N3O3. The van der Waals surface area contributed by atoms with E-state index in [0.717, 1.165) is 5.69 Å². The number of H-pyrrole nitrogens is 1. The Bertz CT molecular complexity index is 343. The molecule has 0 bridgehead atoms. The van der Waals surface area contributed by atoms with Crippen molar-refractivity contribution in [2.75, 3.05) is 6.61 Å². The number of amides is 1. The Morgan fingerprint density at radius 2 is 2.35 bits per heavy atom. The maximum absolute atomic E-state index is 11.5. The molecule has 1 amide bonds. The largest absolute Gasteiger partial charge is 0.444 e. The van der Waals surface area contributed by atoms with Crippen molar-refractivity contribution in [3.8, 4) is 0 Å². The summed E-state index contributed by atoms with van der Waals surface area (Å²) in [4.78, 5) is 18.3. The molecular weight excluding hydrogens is 222 g/mol. The van der Waals surface area contributed by atoms with Crippen LogP contribution < -0.4 is 5.32 Å². The van der Waals surface area contributed by atoms with Gasteiger partial charge in [0.15, 0.2) is 0 Å². The van der Waals surface area contributed by atoms with Crippen LogP contribution >= 0.6 is 0 Å². The predicted octanol–water partition coefficient (Wildman–Crippen LogP) is 0.838. The first-order chi connectivity index (χ1) is 7.90. The quantitative estimate of drug-likeness (QED) is 0.729. The van der Waals surface area contributed by atoms with Gasteiger partial charge in [0.05, 0.1) is 19.0 Å². The van der Waals surface area contributed by atoms with Crippen LogP contribution in [0.3, 0.4) is 0 Å². The second-order valence-electron chi connectivity index (χ2n) is 4.81. The molecule has 96 valence electrons. The lowest BCUT2D eigenvalue weighted by Gasteiger charge is -2.22. The van der Waals surface area contributed by atoms with Crippen molar-refractivity contribution < 1.29 is 14.6 Å². The van der Waals surface area contributed by atoms with Crippen molar-refractivity contribution in [3.63, 3.8) is 0 Å². The van der Waals surface area contributed by atoms with Crippen LogP contribution in [0.15, 0.2) is 12.5 Å². The highest BCUT2D eigenvalue weighted by Gasteiger charge is 2.19. The van der Waals surface area contributed by atoms with Crippen molar-refractivity contribution in [1.82, 2.24) is 15.3 Å². The number of carbonyl (C=O) groups is 1. The number of imidazole rings is 1. The summed E-state index contributed by atoms with van der Waals surface area (Å²) in [5.74, 6) is 0. The monoisotopic (exact) mass is 241 g/mol. The highest BCUT2D eigenvalue weighted by Crippen LogP contribution is 2.07. The molecule has 3 N–H and O–H groups in total. The SMILES string of the molecule is CC(C)(C)OC(=O)NC(CO)Cc1cnc[nH]1. The molecule has 1 rings (SSSR count). The number of nitrogens with one attached hydrogen (secondary N) is 2. The minimum atomic E-state index is -0.544. The van der Waals surface area contributed by atoms with Crippen LogP contribution in [0.2, 0.25) is 0 Å². The third kappa shape index (κ3) is 5.35. The molecule has 0 radical (unpaired) electrons. The molecule has 0 spiro atoms. The Labute approximate surface area is 100 Å².